The zero-order valence-electron chi connectivity index (χ0n) is 14.4. The van der Waals surface area contributed by atoms with Crippen molar-refractivity contribution < 1.29 is 9.59 Å². The topological polar surface area (TPSA) is 62.3 Å². The van der Waals surface area contributed by atoms with Crippen LogP contribution >= 0.6 is 11.3 Å². The Bertz CT molecular complexity index is 729. The molecule has 5 nitrogen and oxygen atoms in total. The van der Waals surface area contributed by atoms with Crippen molar-refractivity contribution in [1.29, 1.82) is 0 Å². The lowest BCUT2D eigenvalue weighted by Gasteiger charge is -2.35. The molecule has 0 aliphatic carbocycles. The van der Waals surface area contributed by atoms with Crippen molar-refractivity contribution in [2.45, 2.75) is 45.1 Å². The van der Waals surface area contributed by atoms with Gasteiger partial charge in [-0.25, -0.2) is 4.98 Å². The number of rotatable bonds is 5. The molecule has 1 aliphatic rings. The first kappa shape index (κ1) is 17.6. The molecule has 1 N–H and O–H groups in total. The Hall–Kier alpha value is -2.21. The quantitative estimate of drug-likeness (QED) is 0.887. The van der Waals surface area contributed by atoms with Gasteiger partial charge < -0.3 is 4.90 Å². The van der Waals surface area contributed by atoms with Crippen molar-refractivity contribution in [3.05, 3.63) is 47.0 Å². The number of piperidine rings is 1. The normalized spacial score (nSPS) is 17.3. The first-order valence-electron chi connectivity index (χ1n) is 8.77. The summed E-state index contributed by atoms with van der Waals surface area (Å²) in [5.41, 5.74) is 1.31. The van der Waals surface area contributed by atoms with Gasteiger partial charge in [-0.2, -0.15) is 0 Å². The zero-order valence-corrected chi connectivity index (χ0v) is 15.2. The van der Waals surface area contributed by atoms with Crippen LogP contribution in [0.1, 0.15) is 48.7 Å². The van der Waals surface area contributed by atoms with Gasteiger partial charge in [-0.1, -0.05) is 25.1 Å². The molecule has 2 amide bonds. The lowest BCUT2D eigenvalue weighted by molar-refractivity contribution is -0.134. The summed E-state index contributed by atoms with van der Waals surface area (Å²) in [5.74, 6) is -0.0484. The number of aromatic nitrogens is 1. The maximum Gasteiger partial charge on any atom is 0.257 e. The van der Waals surface area contributed by atoms with Crippen LogP contribution in [0.15, 0.2) is 35.7 Å². The number of thiazole rings is 1. The van der Waals surface area contributed by atoms with Gasteiger partial charge in [-0.15, -0.1) is 11.3 Å². The highest BCUT2D eigenvalue weighted by Gasteiger charge is 2.25. The average Bonchev–Trinajstić information content (AvgIpc) is 3.09. The van der Waals surface area contributed by atoms with Crippen LogP contribution in [0.3, 0.4) is 0 Å². The van der Waals surface area contributed by atoms with Crippen molar-refractivity contribution in [2.75, 3.05) is 11.9 Å². The molecule has 1 aromatic heterocycles. The van der Waals surface area contributed by atoms with Crippen LogP contribution in [0.2, 0.25) is 0 Å². The predicted octanol–water partition coefficient (Wildman–Crippen LogP) is 3.73. The van der Waals surface area contributed by atoms with Gasteiger partial charge in [0, 0.05) is 23.5 Å². The van der Waals surface area contributed by atoms with Crippen molar-refractivity contribution in [2.24, 2.45) is 0 Å². The molecule has 1 aliphatic heterocycles. The Balaban J connectivity index is 1.59. The first-order valence-corrected chi connectivity index (χ1v) is 9.65. The second-order valence-electron chi connectivity index (χ2n) is 6.29. The molecule has 25 heavy (non-hydrogen) atoms. The van der Waals surface area contributed by atoms with Crippen LogP contribution in [0, 0.1) is 0 Å². The number of nitrogens with zero attached hydrogens (tertiary/aromatic N) is 2. The summed E-state index contributed by atoms with van der Waals surface area (Å²) in [5, 5.41) is 5.18. The highest BCUT2D eigenvalue weighted by atomic mass is 32.1. The fraction of sp³-hybridized carbons (Fsp3) is 0.421. The predicted molar refractivity (Wildman–Crippen MR) is 99.9 cm³/mol. The van der Waals surface area contributed by atoms with Gasteiger partial charge >= 0.3 is 0 Å². The molecule has 1 atom stereocenters. The van der Waals surface area contributed by atoms with Gasteiger partial charge in [0.25, 0.3) is 5.91 Å². The van der Waals surface area contributed by atoms with Crippen LogP contribution in [-0.2, 0) is 11.2 Å². The summed E-state index contributed by atoms with van der Waals surface area (Å²) >= 11 is 1.35. The highest BCUT2D eigenvalue weighted by Crippen LogP contribution is 2.22. The highest BCUT2D eigenvalue weighted by molar-refractivity contribution is 7.14. The molecule has 2 heterocycles. The smallest absolute Gasteiger partial charge is 0.257 e. The minimum atomic E-state index is -0.185. The molecule has 2 aromatic rings. The minimum Gasteiger partial charge on any atom is -0.339 e. The molecular weight excluding hydrogens is 334 g/mol. The van der Waals surface area contributed by atoms with E-state index in [0.29, 0.717) is 23.2 Å². The third-order valence-corrected chi connectivity index (χ3v) is 5.37. The number of anilines is 1. The van der Waals surface area contributed by atoms with Crippen LogP contribution in [-0.4, -0.2) is 34.3 Å². The molecule has 6 heteroatoms. The first-order chi connectivity index (χ1) is 12.2. The summed E-state index contributed by atoms with van der Waals surface area (Å²) in [6.07, 6.45) is 4.68. The number of nitrogens with one attached hydrogen (secondary N) is 1. The Morgan fingerprint density at radius 3 is 2.84 bits per heavy atom. The van der Waals surface area contributed by atoms with Gasteiger partial charge in [0.15, 0.2) is 5.13 Å². The number of hydrogen-bond donors (Lipinski definition) is 1. The van der Waals surface area contributed by atoms with E-state index in [9.17, 15) is 9.59 Å². The molecule has 0 radical (unpaired) electrons. The van der Waals surface area contributed by atoms with Crippen LogP contribution < -0.4 is 5.32 Å². The summed E-state index contributed by atoms with van der Waals surface area (Å²) in [6.45, 7) is 2.98. The molecule has 132 valence electrons. The largest absolute Gasteiger partial charge is 0.339 e. The second kappa shape index (κ2) is 8.25. The van der Waals surface area contributed by atoms with Gasteiger partial charge in [0.2, 0.25) is 5.91 Å². The maximum absolute atomic E-state index is 12.6. The molecule has 1 aromatic carbocycles. The van der Waals surface area contributed by atoms with E-state index in [4.69, 9.17) is 0 Å². The standard InChI is InChI=1S/C19H23N3O2S/c1-2-16-10-6-7-11-22(16)17(23)12-15-13-25-19(20-15)21-18(24)14-8-4-3-5-9-14/h3-5,8-9,13,16H,2,6-7,10-12H2,1H3,(H,20,21,24). The van der Waals surface area contributed by atoms with Gasteiger partial charge in [-0.3, -0.25) is 14.9 Å². The fourth-order valence-corrected chi connectivity index (χ4v) is 3.92. The second-order valence-corrected chi connectivity index (χ2v) is 7.14. The van der Waals surface area contributed by atoms with Gasteiger partial charge in [0.1, 0.15) is 0 Å². The SMILES string of the molecule is CCC1CCCCN1C(=O)Cc1csc(NC(=O)c2ccccc2)n1. The number of benzene rings is 1. The number of carbonyl (C=O) groups excluding carboxylic acids is 2. The fourth-order valence-electron chi connectivity index (χ4n) is 3.21. The number of carbonyl (C=O) groups is 2. The summed E-state index contributed by atoms with van der Waals surface area (Å²) in [4.78, 5) is 31.2. The molecule has 0 bridgehead atoms. The summed E-state index contributed by atoms with van der Waals surface area (Å²) in [6, 6.07) is 9.39. The number of hydrogen-bond acceptors (Lipinski definition) is 4. The van der Waals surface area contributed by atoms with E-state index < -0.39 is 0 Å². The van der Waals surface area contributed by atoms with Crippen molar-refractivity contribution in [3.63, 3.8) is 0 Å². The van der Waals surface area contributed by atoms with Crippen molar-refractivity contribution >= 4 is 28.3 Å². The van der Waals surface area contributed by atoms with Crippen LogP contribution in [0.25, 0.3) is 0 Å². The molecule has 1 saturated heterocycles. The number of likely N-dealkylation sites (tertiary alicyclic amines) is 1. The lowest BCUT2D eigenvalue weighted by atomic mass is 9.99. The maximum atomic E-state index is 12.6. The third kappa shape index (κ3) is 4.45. The lowest BCUT2D eigenvalue weighted by Crippen LogP contribution is -2.44. The van der Waals surface area contributed by atoms with Gasteiger partial charge in [-0.05, 0) is 37.8 Å². The Kier molecular flexibility index (Phi) is 5.81. The molecule has 1 unspecified atom stereocenters. The zero-order chi connectivity index (χ0) is 17.6. The van der Waals surface area contributed by atoms with E-state index in [1.54, 1.807) is 12.1 Å². The van der Waals surface area contributed by atoms with E-state index in [1.165, 1.54) is 17.8 Å². The van der Waals surface area contributed by atoms with Gasteiger partial charge in [0.05, 0.1) is 12.1 Å². The Morgan fingerprint density at radius 2 is 2.08 bits per heavy atom. The molecule has 0 spiro atoms. The van der Waals surface area contributed by atoms with E-state index in [-0.39, 0.29) is 11.8 Å². The molecular formula is C19H23N3O2S. The van der Waals surface area contributed by atoms with E-state index in [0.717, 1.165) is 31.5 Å². The van der Waals surface area contributed by atoms with Crippen LogP contribution in [0.4, 0.5) is 5.13 Å². The Morgan fingerprint density at radius 1 is 1.28 bits per heavy atom. The minimum absolute atomic E-state index is 0.137. The average molecular weight is 357 g/mol. The molecule has 0 saturated carbocycles. The van der Waals surface area contributed by atoms with E-state index >= 15 is 0 Å². The van der Waals surface area contributed by atoms with Crippen molar-refractivity contribution in [3.8, 4) is 0 Å². The summed E-state index contributed by atoms with van der Waals surface area (Å²) < 4.78 is 0. The van der Waals surface area contributed by atoms with E-state index in [2.05, 4.69) is 17.2 Å². The Labute approximate surface area is 152 Å². The summed E-state index contributed by atoms with van der Waals surface area (Å²) in [7, 11) is 0. The molecule has 1 fully saturated rings. The third-order valence-electron chi connectivity index (χ3n) is 4.56. The monoisotopic (exact) mass is 357 g/mol. The van der Waals surface area contributed by atoms with Crippen molar-refractivity contribution in [1.82, 2.24) is 9.88 Å². The van der Waals surface area contributed by atoms with Crippen LogP contribution in [0.5, 0.6) is 0 Å². The number of amides is 2. The van der Waals surface area contributed by atoms with E-state index in [1.807, 2.05) is 28.5 Å². The molecule has 3 rings (SSSR count).